The molecule has 0 spiro atoms. The standard InChI is InChI=1S/C22H23N3O3S/c1-12(2)16(11-26)23-22(27)14-8-9-15-19(21(14)28-3)20(25-24-15)18-10-13-6-4-5-7-17(13)29-18/h4-10,12,16,26H,11H2,1-3H3,(H,23,27)(H,24,25). The molecule has 0 aliphatic heterocycles. The number of methoxy groups -OCH3 is 1. The smallest absolute Gasteiger partial charge is 0.255 e. The number of H-pyrrole nitrogens is 1. The summed E-state index contributed by atoms with van der Waals surface area (Å²) in [4.78, 5) is 13.9. The molecule has 2 aromatic carbocycles. The van der Waals surface area contributed by atoms with Crippen LogP contribution in [0.15, 0.2) is 42.5 Å². The van der Waals surface area contributed by atoms with E-state index in [0.717, 1.165) is 26.9 Å². The number of hydrogen-bond donors (Lipinski definition) is 3. The van der Waals surface area contributed by atoms with Crippen LogP contribution in [0.2, 0.25) is 0 Å². The van der Waals surface area contributed by atoms with Crippen LogP contribution in [0.3, 0.4) is 0 Å². The zero-order chi connectivity index (χ0) is 20.5. The molecule has 0 bridgehead atoms. The van der Waals surface area contributed by atoms with Crippen LogP contribution in [0.4, 0.5) is 0 Å². The lowest BCUT2D eigenvalue weighted by atomic mass is 10.0. The van der Waals surface area contributed by atoms with Crippen molar-refractivity contribution in [2.75, 3.05) is 13.7 Å². The van der Waals surface area contributed by atoms with Crippen molar-refractivity contribution in [3.05, 3.63) is 48.0 Å². The molecule has 0 fully saturated rings. The largest absolute Gasteiger partial charge is 0.495 e. The normalized spacial score (nSPS) is 12.6. The van der Waals surface area contributed by atoms with Crippen molar-refractivity contribution in [3.8, 4) is 16.3 Å². The highest BCUT2D eigenvalue weighted by Crippen LogP contribution is 2.40. The zero-order valence-electron chi connectivity index (χ0n) is 16.5. The van der Waals surface area contributed by atoms with Gasteiger partial charge in [0, 0.05) is 4.70 Å². The Balaban J connectivity index is 1.82. The molecule has 1 amide bonds. The quantitative estimate of drug-likeness (QED) is 0.445. The van der Waals surface area contributed by atoms with E-state index in [9.17, 15) is 9.90 Å². The maximum absolute atomic E-state index is 12.9. The van der Waals surface area contributed by atoms with E-state index >= 15 is 0 Å². The van der Waals surface area contributed by atoms with Gasteiger partial charge < -0.3 is 15.2 Å². The summed E-state index contributed by atoms with van der Waals surface area (Å²) in [6, 6.07) is 13.5. The monoisotopic (exact) mass is 409 g/mol. The second-order valence-electron chi connectivity index (χ2n) is 7.29. The van der Waals surface area contributed by atoms with Crippen molar-refractivity contribution < 1.29 is 14.6 Å². The van der Waals surface area contributed by atoms with Gasteiger partial charge >= 0.3 is 0 Å². The molecule has 2 heterocycles. The molecular weight excluding hydrogens is 386 g/mol. The predicted octanol–water partition coefficient (Wildman–Crippen LogP) is 4.20. The highest BCUT2D eigenvalue weighted by Gasteiger charge is 2.23. The van der Waals surface area contributed by atoms with E-state index in [1.807, 2.05) is 32.0 Å². The number of benzene rings is 2. The molecule has 3 N–H and O–H groups in total. The Kier molecular flexibility index (Phi) is 5.25. The molecule has 0 aliphatic carbocycles. The van der Waals surface area contributed by atoms with E-state index in [4.69, 9.17) is 4.74 Å². The minimum Gasteiger partial charge on any atom is -0.495 e. The van der Waals surface area contributed by atoms with Crippen LogP contribution in [0.25, 0.3) is 31.6 Å². The van der Waals surface area contributed by atoms with Crippen molar-refractivity contribution >= 4 is 38.2 Å². The average molecular weight is 410 g/mol. The number of aromatic nitrogens is 2. The van der Waals surface area contributed by atoms with Crippen LogP contribution in [0.5, 0.6) is 5.75 Å². The van der Waals surface area contributed by atoms with Crippen LogP contribution in [-0.2, 0) is 0 Å². The maximum Gasteiger partial charge on any atom is 0.255 e. The first-order valence-corrected chi connectivity index (χ1v) is 10.3. The van der Waals surface area contributed by atoms with Gasteiger partial charge in [0.1, 0.15) is 5.75 Å². The van der Waals surface area contributed by atoms with Gasteiger partial charge in [-0.15, -0.1) is 11.3 Å². The van der Waals surface area contributed by atoms with Crippen molar-refractivity contribution in [2.45, 2.75) is 19.9 Å². The van der Waals surface area contributed by atoms with Crippen molar-refractivity contribution in [2.24, 2.45) is 5.92 Å². The fraction of sp³-hybridized carbons (Fsp3) is 0.273. The summed E-state index contributed by atoms with van der Waals surface area (Å²) in [5.41, 5.74) is 1.98. The number of fused-ring (bicyclic) bond motifs is 2. The highest BCUT2D eigenvalue weighted by atomic mass is 32.1. The average Bonchev–Trinajstić information content (AvgIpc) is 3.34. The second-order valence-corrected chi connectivity index (χ2v) is 8.38. The molecule has 0 saturated heterocycles. The highest BCUT2D eigenvalue weighted by molar-refractivity contribution is 7.22. The van der Waals surface area contributed by atoms with Gasteiger partial charge in [0.05, 0.1) is 46.8 Å². The number of carbonyl (C=O) groups excluding carboxylic acids is 1. The summed E-state index contributed by atoms with van der Waals surface area (Å²) in [6.45, 7) is 3.79. The number of hydrogen-bond acceptors (Lipinski definition) is 5. The van der Waals surface area contributed by atoms with Gasteiger partial charge in [-0.05, 0) is 35.6 Å². The summed E-state index contributed by atoms with van der Waals surface area (Å²) < 4.78 is 6.85. The number of nitrogens with one attached hydrogen (secondary N) is 2. The topological polar surface area (TPSA) is 87.2 Å². The van der Waals surface area contributed by atoms with E-state index in [-0.39, 0.29) is 24.5 Å². The first-order chi connectivity index (χ1) is 14.0. The number of amides is 1. The third kappa shape index (κ3) is 3.47. The summed E-state index contributed by atoms with van der Waals surface area (Å²) in [6.07, 6.45) is 0. The Morgan fingerprint density at radius 3 is 2.76 bits per heavy atom. The van der Waals surface area contributed by atoms with Gasteiger partial charge in [-0.1, -0.05) is 32.0 Å². The van der Waals surface area contributed by atoms with Gasteiger partial charge in [-0.25, -0.2) is 0 Å². The number of aliphatic hydroxyl groups is 1. The van der Waals surface area contributed by atoms with Gasteiger partial charge in [0.15, 0.2) is 0 Å². The van der Waals surface area contributed by atoms with E-state index < -0.39 is 0 Å². The number of nitrogens with zero attached hydrogens (tertiary/aromatic N) is 1. The van der Waals surface area contributed by atoms with Crippen molar-refractivity contribution in [1.82, 2.24) is 15.5 Å². The Bertz CT molecular complexity index is 1150. The molecule has 6 nitrogen and oxygen atoms in total. The number of ether oxygens (including phenoxy) is 1. The van der Waals surface area contributed by atoms with Gasteiger partial charge in [-0.2, -0.15) is 5.10 Å². The van der Waals surface area contributed by atoms with Crippen LogP contribution in [-0.4, -0.2) is 41.0 Å². The fourth-order valence-electron chi connectivity index (χ4n) is 3.42. The van der Waals surface area contributed by atoms with Crippen LogP contribution in [0.1, 0.15) is 24.2 Å². The Labute approximate surface area is 172 Å². The third-order valence-electron chi connectivity index (χ3n) is 5.11. The van der Waals surface area contributed by atoms with E-state index in [1.54, 1.807) is 24.5 Å². The molecule has 4 rings (SSSR count). The third-order valence-corrected chi connectivity index (χ3v) is 6.25. The van der Waals surface area contributed by atoms with E-state index in [2.05, 4.69) is 33.7 Å². The first-order valence-electron chi connectivity index (χ1n) is 9.49. The Hall–Kier alpha value is -2.90. The summed E-state index contributed by atoms with van der Waals surface area (Å²) in [7, 11) is 1.55. The molecule has 0 radical (unpaired) electrons. The van der Waals surface area contributed by atoms with Gasteiger partial charge in [0.2, 0.25) is 0 Å². The first kappa shape index (κ1) is 19.4. The molecule has 29 heavy (non-hydrogen) atoms. The van der Waals surface area contributed by atoms with Crippen LogP contribution >= 0.6 is 11.3 Å². The summed E-state index contributed by atoms with van der Waals surface area (Å²) >= 11 is 1.66. The lowest BCUT2D eigenvalue weighted by Crippen LogP contribution is -2.41. The molecule has 0 saturated carbocycles. The minimum atomic E-state index is -0.325. The Morgan fingerprint density at radius 1 is 1.28 bits per heavy atom. The number of aromatic amines is 1. The minimum absolute atomic E-state index is 0.113. The summed E-state index contributed by atoms with van der Waals surface area (Å²) in [5.74, 6) is 0.309. The van der Waals surface area contributed by atoms with E-state index in [0.29, 0.717) is 11.3 Å². The second kappa shape index (κ2) is 7.85. The maximum atomic E-state index is 12.9. The predicted molar refractivity (Wildman–Crippen MR) is 117 cm³/mol. The van der Waals surface area contributed by atoms with E-state index in [1.165, 1.54) is 4.70 Å². The lowest BCUT2D eigenvalue weighted by molar-refractivity contribution is 0.0894. The van der Waals surface area contributed by atoms with Crippen molar-refractivity contribution in [1.29, 1.82) is 0 Å². The number of carbonyl (C=O) groups is 1. The number of thiophene rings is 1. The number of aliphatic hydroxyl groups excluding tert-OH is 1. The van der Waals surface area contributed by atoms with Gasteiger partial charge in [0.25, 0.3) is 5.91 Å². The van der Waals surface area contributed by atoms with Crippen LogP contribution < -0.4 is 10.1 Å². The van der Waals surface area contributed by atoms with Crippen molar-refractivity contribution in [3.63, 3.8) is 0 Å². The molecule has 4 aromatic rings. The van der Waals surface area contributed by atoms with Gasteiger partial charge in [-0.3, -0.25) is 9.89 Å². The lowest BCUT2D eigenvalue weighted by Gasteiger charge is -2.20. The SMILES string of the molecule is COc1c(C(=O)NC(CO)C(C)C)ccc2n[nH]c(-c3cc4ccccc4s3)c12. The summed E-state index contributed by atoms with van der Waals surface area (Å²) in [5, 5.41) is 21.9. The number of rotatable bonds is 6. The molecular formula is C22H23N3O3S. The van der Waals surface area contributed by atoms with Crippen LogP contribution in [0, 0.1) is 5.92 Å². The Morgan fingerprint density at radius 2 is 2.07 bits per heavy atom. The molecule has 1 unspecified atom stereocenters. The molecule has 1 atom stereocenters. The zero-order valence-corrected chi connectivity index (χ0v) is 17.3. The molecule has 2 aromatic heterocycles. The fourth-order valence-corrected chi connectivity index (χ4v) is 4.49. The molecule has 7 heteroatoms. The molecule has 150 valence electrons. The molecule has 0 aliphatic rings.